The lowest BCUT2D eigenvalue weighted by molar-refractivity contribution is 0.628. The fraction of sp³-hybridized carbons (Fsp3) is 0.462. The van der Waals surface area contributed by atoms with Crippen molar-refractivity contribution in [2.45, 2.75) is 41.5 Å². The molecule has 90 valence electrons. The lowest BCUT2D eigenvalue weighted by Crippen LogP contribution is -1.83. The van der Waals surface area contributed by atoms with E-state index in [1.54, 1.807) is 13.0 Å². The number of benzene rings is 1. The van der Waals surface area contributed by atoms with Crippen LogP contribution < -0.4 is 0 Å². The highest BCUT2D eigenvalue weighted by molar-refractivity contribution is 5.76. The Kier molecular flexibility index (Phi) is 6.38. The summed E-state index contributed by atoms with van der Waals surface area (Å²) in [4.78, 5) is 7.02. The number of nitrogens with one attached hydrogen (secondary N) is 1. The van der Waals surface area contributed by atoms with Gasteiger partial charge in [-0.25, -0.2) is 9.37 Å². The van der Waals surface area contributed by atoms with Gasteiger partial charge in [-0.1, -0.05) is 33.8 Å². The van der Waals surface area contributed by atoms with E-state index < -0.39 is 0 Å². The lowest BCUT2D eigenvalue weighted by Gasteiger charge is -1.94. The highest BCUT2D eigenvalue weighted by Crippen LogP contribution is 2.17. The Morgan fingerprint density at radius 1 is 1.06 bits per heavy atom. The predicted molar refractivity (Wildman–Crippen MR) is 68.2 cm³/mol. The van der Waals surface area contributed by atoms with E-state index >= 15 is 0 Å². The maximum absolute atomic E-state index is 13.3. The van der Waals surface area contributed by atoms with Crippen molar-refractivity contribution in [2.24, 2.45) is 0 Å². The molecular weight excluding hydrogens is 203 g/mol. The summed E-state index contributed by atoms with van der Waals surface area (Å²) in [7, 11) is 0. The van der Waals surface area contributed by atoms with Gasteiger partial charge in [0.05, 0.1) is 5.52 Å². The van der Waals surface area contributed by atoms with Gasteiger partial charge in [-0.3, -0.25) is 0 Å². The number of H-pyrrole nitrogens is 1. The van der Waals surface area contributed by atoms with Crippen LogP contribution in [0.25, 0.3) is 11.0 Å². The van der Waals surface area contributed by atoms with Crippen molar-refractivity contribution in [3.63, 3.8) is 0 Å². The Morgan fingerprint density at radius 3 is 2.19 bits per heavy atom. The molecule has 0 saturated heterocycles. The third-order valence-electron chi connectivity index (χ3n) is 1.90. The minimum absolute atomic E-state index is 0.225. The van der Waals surface area contributed by atoms with Crippen LogP contribution in [-0.2, 0) is 0 Å². The van der Waals surface area contributed by atoms with Crippen LogP contribution in [0.2, 0.25) is 0 Å². The standard InChI is InChI=1S/C9H9FN2.2C2H6/c1-5-3-4-7-9(8(5)10)12-6(2)11-7;2*1-2/h3-4H,1-2H3,(H,11,12);2*1-2H3. The van der Waals surface area contributed by atoms with Crippen LogP contribution in [0.15, 0.2) is 12.1 Å². The van der Waals surface area contributed by atoms with E-state index in [4.69, 9.17) is 0 Å². The molecule has 0 saturated carbocycles. The highest BCUT2D eigenvalue weighted by Gasteiger charge is 2.06. The van der Waals surface area contributed by atoms with E-state index in [1.165, 1.54) is 0 Å². The molecule has 2 rings (SSSR count). The average molecular weight is 224 g/mol. The Hall–Kier alpha value is -1.38. The molecule has 0 atom stereocenters. The molecule has 0 aliphatic carbocycles. The first-order valence-corrected chi connectivity index (χ1v) is 5.80. The van der Waals surface area contributed by atoms with Crippen molar-refractivity contribution in [3.05, 3.63) is 29.3 Å². The first-order chi connectivity index (χ1) is 7.68. The Morgan fingerprint density at radius 2 is 1.62 bits per heavy atom. The van der Waals surface area contributed by atoms with Crippen LogP contribution >= 0.6 is 0 Å². The van der Waals surface area contributed by atoms with Gasteiger partial charge in [0.15, 0.2) is 5.82 Å². The topological polar surface area (TPSA) is 28.7 Å². The third-order valence-corrected chi connectivity index (χ3v) is 1.90. The van der Waals surface area contributed by atoms with Crippen molar-refractivity contribution in [3.8, 4) is 0 Å². The van der Waals surface area contributed by atoms with Gasteiger partial charge in [0.1, 0.15) is 11.3 Å². The maximum atomic E-state index is 13.3. The molecule has 0 amide bonds. The second-order valence-corrected chi connectivity index (χ2v) is 2.91. The number of aromatic nitrogens is 2. The maximum Gasteiger partial charge on any atom is 0.153 e. The SMILES string of the molecule is CC.CC.Cc1nc2c(F)c(C)ccc2[nH]1. The summed E-state index contributed by atoms with van der Waals surface area (Å²) in [6.07, 6.45) is 0. The van der Waals surface area contributed by atoms with Gasteiger partial charge in [-0.2, -0.15) is 0 Å². The van der Waals surface area contributed by atoms with Crippen LogP contribution in [0, 0.1) is 19.7 Å². The molecule has 1 aromatic carbocycles. The van der Waals surface area contributed by atoms with Crippen LogP contribution in [-0.4, -0.2) is 9.97 Å². The van der Waals surface area contributed by atoms with Gasteiger partial charge >= 0.3 is 0 Å². The molecule has 2 nitrogen and oxygen atoms in total. The predicted octanol–water partition coefficient (Wildman–Crippen LogP) is 4.37. The van der Waals surface area contributed by atoms with Crippen molar-refractivity contribution < 1.29 is 4.39 Å². The quantitative estimate of drug-likeness (QED) is 0.707. The second-order valence-electron chi connectivity index (χ2n) is 2.91. The van der Waals surface area contributed by atoms with E-state index in [-0.39, 0.29) is 5.82 Å². The second kappa shape index (κ2) is 6.99. The number of hydrogen-bond donors (Lipinski definition) is 1. The molecule has 0 aliphatic rings. The van der Waals surface area contributed by atoms with Crippen molar-refractivity contribution in [2.75, 3.05) is 0 Å². The zero-order valence-corrected chi connectivity index (χ0v) is 11.0. The summed E-state index contributed by atoms with van der Waals surface area (Å²) < 4.78 is 13.3. The number of imidazole rings is 1. The van der Waals surface area contributed by atoms with E-state index in [2.05, 4.69) is 9.97 Å². The van der Waals surface area contributed by atoms with Crippen molar-refractivity contribution in [1.82, 2.24) is 9.97 Å². The number of hydrogen-bond acceptors (Lipinski definition) is 1. The third kappa shape index (κ3) is 3.05. The lowest BCUT2D eigenvalue weighted by atomic mass is 10.2. The molecule has 0 aliphatic heterocycles. The van der Waals surface area contributed by atoms with Crippen LogP contribution in [0.5, 0.6) is 0 Å². The molecule has 16 heavy (non-hydrogen) atoms. The molecule has 0 unspecified atom stereocenters. The fourth-order valence-electron chi connectivity index (χ4n) is 1.27. The molecular formula is C13H21FN2. The summed E-state index contributed by atoms with van der Waals surface area (Å²) in [5.41, 5.74) is 1.83. The van der Waals surface area contributed by atoms with Gasteiger partial charge in [-0.05, 0) is 25.5 Å². The zero-order chi connectivity index (χ0) is 12.7. The zero-order valence-electron chi connectivity index (χ0n) is 11.0. The Labute approximate surface area is 96.9 Å². The Balaban J connectivity index is 0.000000509. The summed E-state index contributed by atoms with van der Waals surface area (Å²) in [5.74, 6) is 0.520. The average Bonchev–Trinajstić information content (AvgIpc) is 2.71. The van der Waals surface area contributed by atoms with Crippen LogP contribution in [0.4, 0.5) is 4.39 Å². The van der Waals surface area contributed by atoms with Gasteiger partial charge in [0, 0.05) is 0 Å². The highest BCUT2D eigenvalue weighted by atomic mass is 19.1. The molecule has 1 heterocycles. The summed E-state index contributed by atoms with van der Waals surface area (Å²) in [5, 5.41) is 0. The Bertz CT molecular complexity index is 433. The van der Waals surface area contributed by atoms with Gasteiger partial charge < -0.3 is 4.98 Å². The number of nitrogens with zero attached hydrogens (tertiary/aromatic N) is 1. The van der Waals surface area contributed by atoms with Crippen molar-refractivity contribution in [1.29, 1.82) is 0 Å². The van der Waals surface area contributed by atoms with E-state index in [0.29, 0.717) is 11.1 Å². The molecule has 2 aromatic rings. The number of rotatable bonds is 0. The van der Waals surface area contributed by atoms with Gasteiger partial charge in [0.2, 0.25) is 0 Å². The van der Waals surface area contributed by atoms with Crippen LogP contribution in [0.3, 0.4) is 0 Å². The summed E-state index contributed by atoms with van der Waals surface area (Å²) >= 11 is 0. The molecule has 0 radical (unpaired) electrons. The fourth-order valence-corrected chi connectivity index (χ4v) is 1.27. The molecule has 3 heteroatoms. The molecule has 0 fully saturated rings. The van der Waals surface area contributed by atoms with Gasteiger partial charge in [0.25, 0.3) is 0 Å². The number of fused-ring (bicyclic) bond motifs is 1. The largest absolute Gasteiger partial charge is 0.342 e. The van der Waals surface area contributed by atoms with Crippen LogP contribution in [0.1, 0.15) is 39.1 Å². The molecule has 1 aromatic heterocycles. The minimum atomic E-state index is -0.225. The molecule has 1 N–H and O–H groups in total. The van der Waals surface area contributed by atoms with E-state index in [9.17, 15) is 4.39 Å². The number of aryl methyl sites for hydroxylation is 2. The molecule has 0 bridgehead atoms. The monoisotopic (exact) mass is 224 g/mol. The van der Waals surface area contributed by atoms with E-state index in [1.807, 2.05) is 40.7 Å². The van der Waals surface area contributed by atoms with E-state index in [0.717, 1.165) is 11.3 Å². The number of halogens is 1. The summed E-state index contributed by atoms with van der Waals surface area (Å²) in [6, 6.07) is 3.59. The normalized spacial score (nSPS) is 8.94. The summed E-state index contributed by atoms with van der Waals surface area (Å²) in [6.45, 7) is 11.5. The first-order valence-electron chi connectivity index (χ1n) is 5.80. The first kappa shape index (κ1) is 14.6. The van der Waals surface area contributed by atoms with Crippen molar-refractivity contribution >= 4 is 11.0 Å². The van der Waals surface area contributed by atoms with Gasteiger partial charge in [-0.15, -0.1) is 0 Å². The number of aromatic amines is 1. The minimum Gasteiger partial charge on any atom is -0.342 e. The molecule has 0 spiro atoms. The smallest absolute Gasteiger partial charge is 0.153 e.